The topological polar surface area (TPSA) is 77.1 Å². The molecular formula is C24H29N3O2S. The van der Waals surface area contributed by atoms with Crippen LogP contribution in [0.3, 0.4) is 0 Å². The zero-order valence-electron chi connectivity index (χ0n) is 17.1. The maximum Gasteiger partial charge on any atom is 0.184 e. The smallest absolute Gasteiger partial charge is 0.184 e. The fourth-order valence-electron chi connectivity index (χ4n) is 4.14. The van der Waals surface area contributed by atoms with Gasteiger partial charge in [0.15, 0.2) is 9.84 Å². The lowest BCUT2D eigenvalue weighted by Gasteiger charge is -2.23. The lowest BCUT2D eigenvalue weighted by atomic mass is 10.00. The summed E-state index contributed by atoms with van der Waals surface area (Å²) in [5, 5.41) is 4.25. The Bertz CT molecular complexity index is 1120. The Kier molecular flexibility index (Phi) is 6.37. The van der Waals surface area contributed by atoms with E-state index < -0.39 is 9.84 Å². The Morgan fingerprint density at radius 1 is 1.13 bits per heavy atom. The highest BCUT2D eigenvalue weighted by molar-refractivity contribution is 7.91. The highest BCUT2D eigenvalue weighted by atomic mass is 32.2. The van der Waals surface area contributed by atoms with E-state index in [9.17, 15) is 8.42 Å². The van der Waals surface area contributed by atoms with Gasteiger partial charge in [-0.3, -0.25) is 0 Å². The predicted molar refractivity (Wildman–Crippen MR) is 123 cm³/mol. The second kappa shape index (κ2) is 9.16. The minimum absolute atomic E-state index is 0.0232. The standard InChI is InChI=1S/C24H29N3O2S/c25-15-20-11-9-19(10-12-20)6-4-14-30(28,29)24-18-27(17-21-5-3-13-26-16-21)23-8-2-1-7-22(23)24/h1-2,4,6-12,18,21,26H,3,5,13-17,25H2. The van der Waals surface area contributed by atoms with Crippen LogP contribution in [0.1, 0.15) is 24.0 Å². The minimum Gasteiger partial charge on any atom is -0.346 e. The Morgan fingerprint density at radius 3 is 2.67 bits per heavy atom. The van der Waals surface area contributed by atoms with Crippen molar-refractivity contribution in [2.45, 2.75) is 30.8 Å². The van der Waals surface area contributed by atoms with E-state index >= 15 is 0 Å². The van der Waals surface area contributed by atoms with Crippen molar-refractivity contribution >= 4 is 26.8 Å². The number of piperidine rings is 1. The molecule has 3 N–H and O–H groups in total. The van der Waals surface area contributed by atoms with Gasteiger partial charge < -0.3 is 15.6 Å². The Morgan fingerprint density at radius 2 is 1.93 bits per heavy atom. The highest BCUT2D eigenvalue weighted by Crippen LogP contribution is 2.28. The van der Waals surface area contributed by atoms with Crippen LogP contribution in [-0.2, 0) is 22.9 Å². The number of rotatable bonds is 7. The molecule has 0 spiro atoms. The fourth-order valence-corrected chi connectivity index (χ4v) is 5.46. The number of fused-ring (bicyclic) bond motifs is 1. The molecule has 1 saturated heterocycles. The van der Waals surface area contributed by atoms with Gasteiger partial charge in [0, 0.05) is 30.2 Å². The zero-order chi connectivity index (χ0) is 21.0. The summed E-state index contributed by atoms with van der Waals surface area (Å²) in [6, 6.07) is 15.6. The van der Waals surface area contributed by atoms with Gasteiger partial charge >= 0.3 is 0 Å². The van der Waals surface area contributed by atoms with Gasteiger partial charge in [0.25, 0.3) is 0 Å². The fraction of sp³-hybridized carbons (Fsp3) is 0.333. The molecule has 4 rings (SSSR count). The van der Waals surface area contributed by atoms with Gasteiger partial charge in [0.05, 0.1) is 10.6 Å². The van der Waals surface area contributed by atoms with Crippen LogP contribution < -0.4 is 11.1 Å². The molecule has 0 amide bonds. The molecule has 6 heteroatoms. The van der Waals surface area contributed by atoms with Crippen molar-refractivity contribution in [2.24, 2.45) is 11.7 Å². The van der Waals surface area contributed by atoms with E-state index in [1.165, 1.54) is 12.8 Å². The van der Waals surface area contributed by atoms with Gasteiger partial charge in [-0.05, 0) is 49.0 Å². The molecule has 2 heterocycles. The third-order valence-electron chi connectivity index (χ3n) is 5.78. The maximum absolute atomic E-state index is 13.1. The first-order valence-corrected chi connectivity index (χ1v) is 12.2. The molecule has 0 aliphatic carbocycles. The van der Waals surface area contributed by atoms with Crippen LogP contribution in [0.25, 0.3) is 17.0 Å². The van der Waals surface area contributed by atoms with Crippen molar-refractivity contribution in [2.75, 3.05) is 18.8 Å². The molecule has 3 aromatic rings. The lowest BCUT2D eigenvalue weighted by Crippen LogP contribution is -2.32. The molecule has 1 aromatic heterocycles. The summed E-state index contributed by atoms with van der Waals surface area (Å²) in [7, 11) is -3.43. The summed E-state index contributed by atoms with van der Waals surface area (Å²) in [4.78, 5) is 0.421. The SMILES string of the molecule is NCc1ccc(C=CCS(=O)(=O)c2cn(CC3CCCNC3)c3ccccc23)cc1. The van der Waals surface area contributed by atoms with Crippen molar-refractivity contribution in [3.63, 3.8) is 0 Å². The lowest BCUT2D eigenvalue weighted by molar-refractivity contribution is 0.340. The van der Waals surface area contributed by atoms with E-state index in [1.807, 2.05) is 60.8 Å². The third-order valence-corrected chi connectivity index (χ3v) is 7.41. The van der Waals surface area contributed by atoms with Crippen molar-refractivity contribution < 1.29 is 8.42 Å². The Hall–Kier alpha value is -2.41. The first-order chi connectivity index (χ1) is 14.6. The van der Waals surface area contributed by atoms with Crippen LogP contribution >= 0.6 is 0 Å². The molecule has 0 bridgehead atoms. The summed E-state index contributed by atoms with van der Waals surface area (Å²) in [5.74, 6) is 0.506. The van der Waals surface area contributed by atoms with Crippen LogP contribution in [0.2, 0.25) is 0 Å². The first-order valence-electron chi connectivity index (χ1n) is 10.5. The Balaban J connectivity index is 1.56. The average Bonchev–Trinajstić information content (AvgIpc) is 3.14. The Labute approximate surface area is 178 Å². The molecule has 1 unspecified atom stereocenters. The zero-order valence-corrected chi connectivity index (χ0v) is 17.9. The molecule has 158 valence electrons. The number of nitrogens with one attached hydrogen (secondary N) is 1. The maximum atomic E-state index is 13.1. The van der Waals surface area contributed by atoms with Gasteiger partial charge in [0.2, 0.25) is 0 Å². The highest BCUT2D eigenvalue weighted by Gasteiger charge is 2.22. The molecule has 1 aliphatic rings. The summed E-state index contributed by atoms with van der Waals surface area (Å²) < 4.78 is 28.4. The molecule has 30 heavy (non-hydrogen) atoms. The number of hydrogen-bond acceptors (Lipinski definition) is 4. The van der Waals surface area contributed by atoms with E-state index in [0.717, 1.165) is 41.7 Å². The van der Waals surface area contributed by atoms with Gasteiger partial charge in [-0.25, -0.2) is 8.42 Å². The van der Waals surface area contributed by atoms with Gasteiger partial charge in [-0.15, -0.1) is 0 Å². The number of nitrogens with two attached hydrogens (primary N) is 1. The number of sulfone groups is 1. The average molecular weight is 424 g/mol. The monoisotopic (exact) mass is 423 g/mol. The number of para-hydroxylation sites is 1. The number of hydrogen-bond donors (Lipinski definition) is 2. The predicted octanol–water partition coefficient (Wildman–Crippen LogP) is 3.59. The number of aromatic nitrogens is 1. The molecule has 1 aliphatic heterocycles. The number of nitrogens with zero attached hydrogens (tertiary/aromatic N) is 1. The van der Waals surface area contributed by atoms with E-state index in [-0.39, 0.29) is 5.75 Å². The molecule has 0 saturated carbocycles. The van der Waals surface area contributed by atoms with Gasteiger partial charge in [-0.1, -0.05) is 54.6 Å². The summed E-state index contributed by atoms with van der Waals surface area (Å²) in [6.45, 7) is 3.40. The van der Waals surface area contributed by atoms with Crippen LogP contribution in [-0.4, -0.2) is 31.8 Å². The van der Waals surface area contributed by atoms with Crippen LogP contribution in [0.15, 0.2) is 65.7 Å². The van der Waals surface area contributed by atoms with E-state index in [0.29, 0.717) is 17.4 Å². The molecule has 5 nitrogen and oxygen atoms in total. The van der Waals surface area contributed by atoms with Gasteiger partial charge in [-0.2, -0.15) is 0 Å². The summed E-state index contributed by atoms with van der Waals surface area (Å²) in [6.07, 6.45) is 7.76. The second-order valence-electron chi connectivity index (χ2n) is 8.00. The van der Waals surface area contributed by atoms with Crippen LogP contribution in [0, 0.1) is 5.92 Å². The van der Waals surface area contributed by atoms with E-state index in [4.69, 9.17) is 5.73 Å². The number of benzene rings is 2. The van der Waals surface area contributed by atoms with Crippen molar-refractivity contribution in [1.82, 2.24) is 9.88 Å². The molecule has 1 atom stereocenters. The first kappa shape index (κ1) is 20.8. The van der Waals surface area contributed by atoms with E-state index in [2.05, 4.69) is 9.88 Å². The second-order valence-corrected chi connectivity index (χ2v) is 10.0. The summed E-state index contributed by atoms with van der Waals surface area (Å²) in [5.41, 5.74) is 8.64. The van der Waals surface area contributed by atoms with Crippen molar-refractivity contribution in [3.05, 3.63) is 71.9 Å². The molecule has 2 aromatic carbocycles. The van der Waals surface area contributed by atoms with Crippen molar-refractivity contribution in [3.8, 4) is 0 Å². The molecular weight excluding hydrogens is 394 g/mol. The van der Waals surface area contributed by atoms with Gasteiger partial charge in [0.1, 0.15) is 0 Å². The quantitative estimate of drug-likeness (QED) is 0.609. The summed E-state index contributed by atoms with van der Waals surface area (Å²) >= 11 is 0. The third kappa shape index (κ3) is 4.67. The van der Waals surface area contributed by atoms with E-state index in [1.54, 1.807) is 6.08 Å². The molecule has 0 radical (unpaired) electrons. The largest absolute Gasteiger partial charge is 0.346 e. The molecule has 1 fully saturated rings. The normalized spacial score (nSPS) is 17.7. The van der Waals surface area contributed by atoms with Crippen molar-refractivity contribution in [1.29, 1.82) is 0 Å². The minimum atomic E-state index is -3.43. The van der Waals surface area contributed by atoms with Crippen LogP contribution in [0.5, 0.6) is 0 Å². The van der Waals surface area contributed by atoms with Crippen LogP contribution in [0.4, 0.5) is 0 Å².